The van der Waals surface area contributed by atoms with Crippen LogP contribution in [0, 0.1) is 0 Å². The molecule has 1 aliphatic rings. The average Bonchev–Trinajstić information content (AvgIpc) is 2.69. The van der Waals surface area contributed by atoms with Crippen LogP contribution >= 0.6 is 11.8 Å². The smallest absolute Gasteiger partial charge is 0.319 e. The Labute approximate surface area is 107 Å². The van der Waals surface area contributed by atoms with Gasteiger partial charge in [0, 0.05) is 11.3 Å². The molecule has 1 saturated heterocycles. The molecule has 2 nitrogen and oxygen atoms in total. The summed E-state index contributed by atoms with van der Waals surface area (Å²) in [4.78, 5) is 12.9. The molecule has 0 amide bonds. The molecule has 92 valence electrons. The van der Waals surface area contributed by atoms with Gasteiger partial charge in [-0.15, -0.1) is 11.8 Å². The van der Waals surface area contributed by atoms with Crippen molar-refractivity contribution < 1.29 is 9.53 Å². The van der Waals surface area contributed by atoms with Crippen molar-refractivity contribution in [1.29, 1.82) is 0 Å². The van der Waals surface area contributed by atoms with E-state index in [9.17, 15) is 4.79 Å². The highest BCUT2D eigenvalue weighted by Gasteiger charge is 2.34. The molecule has 17 heavy (non-hydrogen) atoms. The molecule has 1 fully saturated rings. The Bertz CT molecular complexity index is 364. The molecule has 2 atom stereocenters. The molecule has 1 aromatic rings. The normalized spacial score (nSPS) is 23.7. The van der Waals surface area contributed by atoms with Gasteiger partial charge in [0.1, 0.15) is 11.4 Å². The van der Waals surface area contributed by atoms with Gasteiger partial charge in [0.2, 0.25) is 0 Å². The fourth-order valence-electron chi connectivity index (χ4n) is 1.99. The topological polar surface area (TPSA) is 26.3 Å². The third kappa shape index (κ3) is 3.50. The first-order valence-corrected chi connectivity index (χ1v) is 7.09. The number of carbonyl (C=O) groups excluding carboxylic acids is 1. The molecule has 0 spiro atoms. The van der Waals surface area contributed by atoms with Gasteiger partial charge in [-0.05, 0) is 18.6 Å². The Morgan fingerprint density at radius 1 is 1.35 bits per heavy atom. The number of carbonyl (C=O) groups is 1. The molecule has 0 unspecified atom stereocenters. The van der Waals surface area contributed by atoms with Crippen LogP contribution in [0.5, 0.6) is 0 Å². The Morgan fingerprint density at radius 2 is 2.12 bits per heavy atom. The number of unbranched alkanes of at least 4 members (excludes halogenated alkanes) is 1. The summed E-state index contributed by atoms with van der Waals surface area (Å²) in [6.45, 7) is 2.16. The van der Waals surface area contributed by atoms with Crippen LogP contribution in [0.3, 0.4) is 0 Å². The molecular formula is C14H18O2S. The van der Waals surface area contributed by atoms with Crippen LogP contribution in [-0.4, -0.2) is 17.3 Å². The number of thioether (sulfide) groups is 1. The van der Waals surface area contributed by atoms with Crippen LogP contribution in [-0.2, 0) is 9.53 Å². The van der Waals surface area contributed by atoms with E-state index in [-0.39, 0.29) is 17.3 Å². The Morgan fingerprint density at radius 3 is 2.82 bits per heavy atom. The summed E-state index contributed by atoms with van der Waals surface area (Å²) in [5.74, 6) is -0.0417. The highest BCUT2D eigenvalue weighted by atomic mass is 32.2. The highest BCUT2D eigenvalue weighted by molar-refractivity contribution is 8.00. The second-order valence-electron chi connectivity index (χ2n) is 4.36. The summed E-state index contributed by atoms with van der Waals surface area (Å²) >= 11 is 1.62. The van der Waals surface area contributed by atoms with Crippen molar-refractivity contribution in [1.82, 2.24) is 0 Å². The summed E-state index contributed by atoms with van der Waals surface area (Å²) in [5.41, 5.74) is 0. The Balaban J connectivity index is 1.88. The molecule has 2 rings (SSSR count). The van der Waals surface area contributed by atoms with Crippen molar-refractivity contribution in [2.24, 2.45) is 0 Å². The lowest BCUT2D eigenvalue weighted by atomic mass is 10.1. The second-order valence-corrected chi connectivity index (χ2v) is 5.63. The number of benzene rings is 1. The van der Waals surface area contributed by atoms with Crippen LogP contribution in [0.25, 0.3) is 0 Å². The maximum absolute atomic E-state index is 11.7. The molecule has 1 aliphatic heterocycles. The largest absolute Gasteiger partial charge is 0.461 e. The molecule has 0 aliphatic carbocycles. The molecule has 1 aromatic carbocycles. The molecule has 3 heteroatoms. The molecule has 1 heterocycles. The molecule has 0 saturated carbocycles. The minimum atomic E-state index is -0.0417. The lowest BCUT2D eigenvalue weighted by molar-refractivity contribution is -0.141. The SMILES string of the molecule is CCCC[C@H]1C[C@@H](Sc2ccccc2)C(=O)O1. The molecule has 0 bridgehead atoms. The van der Waals surface area contributed by atoms with E-state index in [0.29, 0.717) is 0 Å². The van der Waals surface area contributed by atoms with Crippen molar-refractivity contribution in [3.8, 4) is 0 Å². The molecular weight excluding hydrogens is 232 g/mol. The zero-order valence-electron chi connectivity index (χ0n) is 10.1. The first-order valence-electron chi connectivity index (χ1n) is 6.21. The third-order valence-electron chi connectivity index (χ3n) is 2.92. The zero-order valence-corrected chi connectivity index (χ0v) is 10.9. The first-order chi connectivity index (χ1) is 8.29. The number of ether oxygens (including phenoxy) is 1. The van der Waals surface area contributed by atoms with Gasteiger partial charge in [0.25, 0.3) is 0 Å². The third-order valence-corrected chi connectivity index (χ3v) is 4.14. The summed E-state index contributed by atoms with van der Waals surface area (Å²) < 4.78 is 5.39. The minimum Gasteiger partial charge on any atom is -0.461 e. The number of cyclic esters (lactones) is 1. The van der Waals surface area contributed by atoms with E-state index in [1.54, 1.807) is 11.8 Å². The van der Waals surface area contributed by atoms with Crippen molar-refractivity contribution in [2.75, 3.05) is 0 Å². The van der Waals surface area contributed by atoms with Crippen LogP contribution in [0.4, 0.5) is 0 Å². The van der Waals surface area contributed by atoms with E-state index < -0.39 is 0 Å². The summed E-state index contributed by atoms with van der Waals surface area (Å²) in [6, 6.07) is 10.1. The van der Waals surface area contributed by atoms with Gasteiger partial charge in [0.15, 0.2) is 0 Å². The predicted octanol–water partition coefficient (Wildman–Crippen LogP) is 3.65. The van der Waals surface area contributed by atoms with Crippen LogP contribution in [0.1, 0.15) is 32.6 Å². The van der Waals surface area contributed by atoms with Crippen molar-refractivity contribution >= 4 is 17.7 Å². The van der Waals surface area contributed by atoms with Crippen LogP contribution in [0.2, 0.25) is 0 Å². The maximum Gasteiger partial charge on any atom is 0.319 e. The lowest BCUT2D eigenvalue weighted by Crippen LogP contribution is -2.09. The van der Waals surface area contributed by atoms with Gasteiger partial charge >= 0.3 is 5.97 Å². The maximum atomic E-state index is 11.7. The van der Waals surface area contributed by atoms with Gasteiger partial charge in [0.05, 0.1) is 0 Å². The monoisotopic (exact) mass is 250 g/mol. The highest BCUT2D eigenvalue weighted by Crippen LogP contribution is 2.33. The van der Waals surface area contributed by atoms with Crippen LogP contribution in [0.15, 0.2) is 35.2 Å². The summed E-state index contributed by atoms with van der Waals surface area (Å²) in [5, 5.41) is -0.0146. The van der Waals surface area contributed by atoms with E-state index in [0.717, 1.165) is 30.6 Å². The molecule has 0 N–H and O–H groups in total. The first kappa shape index (κ1) is 12.5. The van der Waals surface area contributed by atoms with E-state index in [2.05, 4.69) is 6.92 Å². The quantitative estimate of drug-likeness (QED) is 0.746. The van der Waals surface area contributed by atoms with Gasteiger partial charge in [-0.25, -0.2) is 0 Å². The number of hydrogen-bond donors (Lipinski definition) is 0. The van der Waals surface area contributed by atoms with E-state index in [4.69, 9.17) is 4.74 Å². The fraction of sp³-hybridized carbons (Fsp3) is 0.500. The van der Waals surface area contributed by atoms with Crippen LogP contribution < -0.4 is 0 Å². The standard InChI is InChI=1S/C14H18O2S/c1-2-3-7-11-10-13(14(15)16-11)17-12-8-5-4-6-9-12/h4-6,8-9,11,13H,2-3,7,10H2,1H3/t11-,13+/m0/s1. The van der Waals surface area contributed by atoms with Crippen molar-refractivity contribution in [2.45, 2.75) is 48.9 Å². The second kappa shape index (κ2) is 6.10. The number of rotatable bonds is 5. The van der Waals surface area contributed by atoms with Crippen molar-refractivity contribution in [3.63, 3.8) is 0 Å². The van der Waals surface area contributed by atoms with E-state index in [1.165, 1.54) is 0 Å². The Hall–Kier alpha value is -0.960. The van der Waals surface area contributed by atoms with Crippen molar-refractivity contribution in [3.05, 3.63) is 30.3 Å². The number of hydrogen-bond acceptors (Lipinski definition) is 3. The zero-order chi connectivity index (χ0) is 12.1. The van der Waals surface area contributed by atoms with Gasteiger partial charge in [-0.1, -0.05) is 38.0 Å². The van der Waals surface area contributed by atoms with Gasteiger partial charge in [-0.2, -0.15) is 0 Å². The summed E-state index contributed by atoms with van der Waals surface area (Å²) in [7, 11) is 0. The minimum absolute atomic E-state index is 0.0146. The van der Waals surface area contributed by atoms with E-state index in [1.807, 2.05) is 30.3 Å². The van der Waals surface area contributed by atoms with Gasteiger partial charge in [-0.3, -0.25) is 4.79 Å². The average molecular weight is 250 g/mol. The fourth-order valence-corrected chi connectivity index (χ4v) is 3.10. The van der Waals surface area contributed by atoms with E-state index >= 15 is 0 Å². The molecule has 0 aromatic heterocycles. The summed E-state index contributed by atoms with van der Waals surface area (Å²) in [6.07, 6.45) is 4.31. The van der Waals surface area contributed by atoms with Gasteiger partial charge < -0.3 is 4.74 Å². The Kier molecular flexibility index (Phi) is 4.49. The molecule has 0 radical (unpaired) electrons. The predicted molar refractivity (Wildman–Crippen MR) is 70.1 cm³/mol. The number of esters is 1. The lowest BCUT2D eigenvalue weighted by Gasteiger charge is -2.06.